The van der Waals surface area contributed by atoms with E-state index in [2.05, 4.69) is 20.2 Å². The van der Waals surface area contributed by atoms with Gasteiger partial charge in [0, 0.05) is 18.0 Å². The molecule has 0 saturated carbocycles. The first-order chi connectivity index (χ1) is 13.6. The van der Waals surface area contributed by atoms with Gasteiger partial charge >= 0.3 is 5.97 Å². The first kappa shape index (κ1) is 17.3. The lowest BCUT2D eigenvalue weighted by Crippen LogP contribution is -2.01. The number of carboxylic acids is 1. The zero-order chi connectivity index (χ0) is 19.5. The second-order valence-electron chi connectivity index (χ2n) is 5.83. The van der Waals surface area contributed by atoms with E-state index in [4.69, 9.17) is 4.74 Å². The van der Waals surface area contributed by atoms with Gasteiger partial charge in [-0.25, -0.2) is 4.79 Å². The summed E-state index contributed by atoms with van der Waals surface area (Å²) < 4.78 is 19.5. The number of halogens is 1. The lowest BCUT2D eigenvalue weighted by Gasteiger charge is -2.11. The fourth-order valence-corrected chi connectivity index (χ4v) is 2.72. The van der Waals surface area contributed by atoms with Crippen molar-refractivity contribution < 1.29 is 19.0 Å². The van der Waals surface area contributed by atoms with Gasteiger partial charge in [0.2, 0.25) is 5.95 Å². The summed E-state index contributed by atoms with van der Waals surface area (Å²) in [7, 11) is 0. The van der Waals surface area contributed by atoms with Crippen LogP contribution in [0.2, 0.25) is 0 Å². The number of aromatic amines is 1. The normalized spacial score (nSPS) is 10.6. The third kappa shape index (κ3) is 3.43. The number of aromatic carboxylic acids is 1. The van der Waals surface area contributed by atoms with E-state index in [0.29, 0.717) is 17.0 Å². The summed E-state index contributed by atoms with van der Waals surface area (Å²) in [6.07, 6.45) is 6.07. The quantitative estimate of drug-likeness (QED) is 0.542. The molecule has 2 N–H and O–H groups in total. The highest BCUT2D eigenvalue weighted by Gasteiger charge is 2.16. The van der Waals surface area contributed by atoms with E-state index in [1.54, 1.807) is 42.9 Å². The molecule has 0 atom stereocenters. The zero-order valence-electron chi connectivity index (χ0n) is 14.3. The Labute approximate surface area is 158 Å². The van der Waals surface area contributed by atoms with Gasteiger partial charge in [-0.3, -0.25) is 15.1 Å². The van der Waals surface area contributed by atoms with Crippen LogP contribution in [0, 0.1) is 5.95 Å². The van der Waals surface area contributed by atoms with Crippen molar-refractivity contribution in [2.45, 2.75) is 0 Å². The first-order valence-corrected chi connectivity index (χ1v) is 8.23. The smallest absolute Gasteiger partial charge is 0.339 e. The van der Waals surface area contributed by atoms with E-state index < -0.39 is 11.9 Å². The van der Waals surface area contributed by atoms with E-state index in [1.165, 1.54) is 18.3 Å². The lowest BCUT2D eigenvalue weighted by atomic mass is 10.0. The molecule has 4 aromatic rings. The Morgan fingerprint density at radius 1 is 1.07 bits per heavy atom. The molecule has 4 rings (SSSR count). The van der Waals surface area contributed by atoms with Crippen LogP contribution < -0.4 is 4.74 Å². The van der Waals surface area contributed by atoms with Crippen LogP contribution in [0.3, 0.4) is 0 Å². The maximum absolute atomic E-state index is 13.7. The molecule has 0 bridgehead atoms. The highest BCUT2D eigenvalue weighted by atomic mass is 19.1. The number of nitrogens with zero attached hydrogens (tertiary/aromatic N) is 3. The molecule has 138 valence electrons. The Hall–Kier alpha value is -4.07. The second-order valence-corrected chi connectivity index (χ2v) is 5.83. The summed E-state index contributed by atoms with van der Waals surface area (Å²) in [6.45, 7) is 0. The number of carboxylic acid groups (broad SMARTS) is 1. The van der Waals surface area contributed by atoms with Crippen LogP contribution in [0.4, 0.5) is 4.39 Å². The molecule has 7 nitrogen and oxygen atoms in total. The molecule has 0 spiro atoms. The number of aromatic nitrogens is 4. The van der Waals surface area contributed by atoms with Gasteiger partial charge in [0.15, 0.2) is 0 Å². The van der Waals surface area contributed by atoms with Crippen LogP contribution >= 0.6 is 0 Å². The minimum absolute atomic E-state index is 0.0944. The maximum Gasteiger partial charge on any atom is 0.339 e. The third-order valence-corrected chi connectivity index (χ3v) is 4.03. The predicted octanol–water partition coefficient (Wildman–Crippen LogP) is 4.16. The molecular weight excluding hydrogens is 363 g/mol. The molecule has 2 heterocycles. The van der Waals surface area contributed by atoms with Crippen molar-refractivity contribution >= 4 is 5.97 Å². The van der Waals surface area contributed by atoms with Gasteiger partial charge in [-0.2, -0.15) is 9.49 Å². The first-order valence-electron chi connectivity index (χ1n) is 8.23. The van der Waals surface area contributed by atoms with Gasteiger partial charge in [0.05, 0.1) is 23.7 Å². The van der Waals surface area contributed by atoms with Crippen LogP contribution in [0.5, 0.6) is 11.5 Å². The maximum atomic E-state index is 13.7. The molecule has 0 saturated heterocycles. The van der Waals surface area contributed by atoms with E-state index in [1.807, 2.05) is 6.07 Å². The number of ether oxygens (including phenoxy) is 1. The van der Waals surface area contributed by atoms with Gasteiger partial charge in [-0.1, -0.05) is 18.2 Å². The van der Waals surface area contributed by atoms with Crippen LogP contribution in [0.25, 0.3) is 22.4 Å². The second kappa shape index (κ2) is 7.28. The van der Waals surface area contributed by atoms with Gasteiger partial charge in [-0.15, -0.1) is 0 Å². The molecule has 28 heavy (non-hydrogen) atoms. The van der Waals surface area contributed by atoms with Crippen LogP contribution in [0.15, 0.2) is 67.3 Å². The standard InChI is InChI=1S/C20H13FN4O3/c21-19-16(10-24-25-19)12-4-5-18(15(9-12)20(26)27)28-14-3-1-2-13(8-14)17-11-22-6-7-23-17/h1-11H,(H,24,25)(H,26,27). The number of hydrogen-bond donors (Lipinski definition) is 2. The predicted molar refractivity (Wildman–Crippen MR) is 98.5 cm³/mol. The largest absolute Gasteiger partial charge is 0.478 e. The molecule has 0 amide bonds. The van der Waals surface area contributed by atoms with Gasteiger partial charge in [0.1, 0.15) is 17.1 Å². The molecule has 0 aliphatic carbocycles. The van der Waals surface area contributed by atoms with Crippen LogP contribution in [-0.4, -0.2) is 31.2 Å². The summed E-state index contributed by atoms with van der Waals surface area (Å²) >= 11 is 0. The van der Waals surface area contributed by atoms with Crippen molar-refractivity contribution in [3.63, 3.8) is 0 Å². The van der Waals surface area contributed by atoms with Gasteiger partial charge < -0.3 is 9.84 Å². The average Bonchev–Trinajstić information content (AvgIpc) is 3.15. The summed E-state index contributed by atoms with van der Waals surface area (Å²) in [5, 5.41) is 15.3. The van der Waals surface area contributed by atoms with Crippen molar-refractivity contribution in [2.24, 2.45) is 0 Å². The summed E-state index contributed by atoms with van der Waals surface area (Å²) in [6, 6.07) is 11.5. The van der Waals surface area contributed by atoms with E-state index >= 15 is 0 Å². The number of nitrogens with one attached hydrogen (secondary N) is 1. The molecule has 0 aliphatic rings. The summed E-state index contributed by atoms with van der Waals surface area (Å²) in [4.78, 5) is 20.0. The minimum atomic E-state index is -1.19. The number of carbonyl (C=O) groups is 1. The van der Waals surface area contributed by atoms with Gasteiger partial charge in [-0.05, 0) is 29.8 Å². The molecule has 0 radical (unpaired) electrons. The lowest BCUT2D eigenvalue weighted by molar-refractivity contribution is 0.0694. The highest BCUT2D eigenvalue weighted by molar-refractivity contribution is 5.92. The van der Waals surface area contributed by atoms with Crippen molar-refractivity contribution in [2.75, 3.05) is 0 Å². The van der Waals surface area contributed by atoms with Crippen LogP contribution in [-0.2, 0) is 0 Å². The monoisotopic (exact) mass is 376 g/mol. The topological polar surface area (TPSA) is 101 Å². The molecule has 8 heteroatoms. The Balaban J connectivity index is 1.68. The molecule has 0 aliphatic heterocycles. The van der Waals surface area contributed by atoms with Crippen LogP contribution in [0.1, 0.15) is 10.4 Å². The van der Waals surface area contributed by atoms with Crippen molar-refractivity contribution in [3.05, 3.63) is 78.8 Å². The Kier molecular flexibility index (Phi) is 4.51. The van der Waals surface area contributed by atoms with Gasteiger partial charge in [0.25, 0.3) is 0 Å². The Morgan fingerprint density at radius 3 is 2.68 bits per heavy atom. The summed E-state index contributed by atoms with van der Waals surface area (Å²) in [5.74, 6) is -1.25. The molecule has 0 fully saturated rings. The third-order valence-electron chi connectivity index (χ3n) is 4.03. The molecular formula is C20H13FN4O3. The number of hydrogen-bond acceptors (Lipinski definition) is 5. The van der Waals surface area contributed by atoms with Crippen molar-refractivity contribution in [3.8, 4) is 33.9 Å². The number of H-pyrrole nitrogens is 1. The van der Waals surface area contributed by atoms with E-state index in [0.717, 1.165) is 5.56 Å². The fraction of sp³-hybridized carbons (Fsp3) is 0. The summed E-state index contributed by atoms with van der Waals surface area (Å²) in [5.41, 5.74) is 1.91. The molecule has 2 aromatic heterocycles. The van der Waals surface area contributed by atoms with E-state index in [-0.39, 0.29) is 16.9 Å². The highest BCUT2D eigenvalue weighted by Crippen LogP contribution is 2.32. The fourth-order valence-electron chi connectivity index (χ4n) is 2.72. The minimum Gasteiger partial charge on any atom is -0.478 e. The molecule has 0 unspecified atom stereocenters. The number of benzene rings is 2. The Morgan fingerprint density at radius 2 is 1.96 bits per heavy atom. The van der Waals surface area contributed by atoms with Crippen molar-refractivity contribution in [1.29, 1.82) is 0 Å². The van der Waals surface area contributed by atoms with E-state index in [9.17, 15) is 14.3 Å². The molecule has 2 aromatic carbocycles. The average molecular weight is 376 g/mol. The zero-order valence-corrected chi connectivity index (χ0v) is 14.3. The SMILES string of the molecule is O=C(O)c1cc(-c2cn[nH]c2F)ccc1Oc1cccc(-c2cnccn2)c1. The Bertz CT molecular complexity index is 1150. The number of rotatable bonds is 5. The van der Waals surface area contributed by atoms with Crippen molar-refractivity contribution in [1.82, 2.24) is 20.2 Å².